The Kier molecular flexibility index (Phi) is 2.09. The van der Waals surface area contributed by atoms with E-state index >= 15 is 0 Å². The summed E-state index contributed by atoms with van der Waals surface area (Å²) in [6.07, 6.45) is 0.818. The van der Waals surface area contributed by atoms with Crippen LogP contribution in [-0.4, -0.2) is 19.5 Å². The smallest absolute Gasteiger partial charge is 0.260 e. The van der Waals surface area contributed by atoms with Crippen LogP contribution in [0.15, 0.2) is 23.3 Å². The number of nitrogens with two attached hydrogens (primary N) is 3. The first-order valence-corrected chi connectivity index (χ1v) is 5.23. The molecule has 0 radical (unpaired) electrons. The first-order valence-electron chi connectivity index (χ1n) is 5.23. The maximum Gasteiger partial charge on any atom is 0.260 e. The fourth-order valence-corrected chi connectivity index (χ4v) is 1.92. The molecular formula is C10H11N7O. The second kappa shape index (κ2) is 3.52. The maximum absolute atomic E-state index is 11.7. The molecular weight excluding hydrogens is 234 g/mol. The lowest BCUT2D eigenvalue weighted by Crippen LogP contribution is -2.26. The second-order valence-electron chi connectivity index (χ2n) is 3.95. The van der Waals surface area contributed by atoms with Gasteiger partial charge < -0.3 is 10.3 Å². The summed E-state index contributed by atoms with van der Waals surface area (Å²) in [7, 11) is 0. The Balaban J connectivity index is 2.46. The van der Waals surface area contributed by atoms with Crippen molar-refractivity contribution >= 4 is 27.9 Å². The zero-order chi connectivity index (χ0) is 12.9. The fourth-order valence-electron chi connectivity index (χ4n) is 1.92. The highest BCUT2D eigenvalue weighted by Crippen LogP contribution is 2.19. The number of hydrogen-bond donors (Lipinski definition) is 4. The standard InChI is InChI=1S/C10H11N7O/c11-9(12)17-3-14-6-1-4-5(2-7(6)17)15-10(13)16-8(4)18/h1-3,9H,11-12H2,(H3,13,15,16,18). The minimum Gasteiger partial charge on any atom is -0.369 e. The van der Waals surface area contributed by atoms with E-state index in [9.17, 15) is 4.79 Å². The number of nitrogens with zero attached hydrogens (tertiary/aromatic N) is 3. The van der Waals surface area contributed by atoms with Crippen molar-refractivity contribution < 1.29 is 0 Å². The van der Waals surface area contributed by atoms with Crippen molar-refractivity contribution in [3.63, 3.8) is 0 Å². The summed E-state index contributed by atoms with van der Waals surface area (Å²) in [5.74, 6) is 0.0648. The molecule has 0 bridgehead atoms. The van der Waals surface area contributed by atoms with E-state index < -0.39 is 6.29 Å². The van der Waals surface area contributed by atoms with Crippen molar-refractivity contribution in [3.8, 4) is 0 Å². The molecule has 0 aliphatic rings. The minimum absolute atomic E-state index is 0.0648. The normalized spacial score (nSPS) is 11.7. The second-order valence-corrected chi connectivity index (χ2v) is 3.95. The summed E-state index contributed by atoms with van der Waals surface area (Å²) < 4.78 is 1.59. The number of anilines is 1. The van der Waals surface area contributed by atoms with Gasteiger partial charge in [-0.2, -0.15) is 0 Å². The molecule has 0 aliphatic heterocycles. The van der Waals surface area contributed by atoms with Gasteiger partial charge in [0, 0.05) is 0 Å². The van der Waals surface area contributed by atoms with E-state index in [4.69, 9.17) is 17.2 Å². The molecule has 0 spiro atoms. The Bertz CT molecular complexity index is 801. The minimum atomic E-state index is -0.702. The average molecular weight is 245 g/mol. The van der Waals surface area contributed by atoms with Crippen LogP contribution in [-0.2, 0) is 0 Å². The number of H-pyrrole nitrogens is 1. The predicted octanol–water partition coefficient (Wildman–Crippen LogP) is -0.772. The highest BCUT2D eigenvalue weighted by molar-refractivity contribution is 5.93. The molecule has 0 fully saturated rings. The molecule has 2 aromatic heterocycles. The van der Waals surface area contributed by atoms with Crippen LogP contribution in [0.5, 0.6) is 0 Å². The van der Waals surface area contributed by atoms with Crippen molar-refractivity contribution in [2.75, 3.05) is 5.73 Å². The van der Waals surface area contributed by atoms with Gasteiger partial charge >= 0.3 is 0 Å². The molecule has 0 amide bonds. The summed E-state index contributed by atoms with van der Waals surface area (Å²) in [6.45, 7) is 0. The lowest BCUT2D eigenvalue weighted by atomic mass is 10.2. The van der Waals surface area contributed by atoms with Crippen LogP contribution in [0.25, 0.3) is 21.9 Å². The Hall–Kier alpha value is -2.45. The first-order chi connectivity index (χ1) is 8.56. The quantitative estimate of drug-likeness (QED) is 0.415. The van der Waals surface area contributed by atoms with Gasteiger partial charge in [-0.05, 0) is 12.1 Å². The molecule has 0 unspecified atom stereocenters. The molecule has 3 aromatic rings. The summed E-state index contributed by atoms with van der Waals surface area (Å²) in [6, 6.07) is 3.32. The predicted molar refractivity (Wildman–Crippen MR) is 67.5 cm³/mol. The monoisotopic (exact) mass is 245 g/mol. The number of nitrogens with one attached hydrogen (secondary N) is 1. The van der Waals surface area contributed by atoms with Gasteiger partial charge in [-0.15, -0.1) is 0 Å². The lowest BCUT2D eigenvalue weighted by Gasteiger charge is -2.08. The number of imidazole rings is 1. The van der Waals surface area contributed by atoms with E-state index in [1.807, 2.05) is 0 Å². The highest BCUT2D eigenvalue weighted by atomic mass is 16.1. The van der Waals surface area contributed by atoms with Crippen molar-refractivity contribution in [1.29, 1.82) is 0 Å². The van der Waals surface area contributed by atoms with E-state index in [1.54, 1.807) is 16.7 Å². The molecule has 92 valence electrons. The van der Waals surface area contributed by atoms with Crippen LogP contribution in [0.2, 0.25) is 0 Å². The van der Waals surface area contributed by atoms with Gasteiger partial charge in [-0.3, -0.25) is 21.2 Å². The number of rotatable bonds is 1. The molecule has 0 saturated heterocycles. The molecule has 7 N–H and O–H groups in total. The maximum atomic E-state index is 11.7. The number of fused-ring (bicyclic) bond motifs is 2. The van der Waals surface area contributed by atoms with Crippen LogP contribution in [0.3, 0.4) is 0 Å². The van der Waals surface area contributed by atoms with Crippen LogP contribution in [0.4, 0.5) is 5.95 Å². The molecule has 0 atom stereocenters. The number of aromatic amines is 1. The molecule has 18 heavy (non-hydrogen) atoms. The first kappa shape index (κ1) is 10.7. The average Bonchev–Trinajstić information content (AvgIpc) is 2.69. The van der Waals surface area contributed by atoms with Crippen LogP contribution >= 0.6 is 0 Å². The van der Waals surface area contributed by atoms with Crippen molar-refractivity contribution in [3.05, 3.63) is 28.8 Å². The molecule has 8 nitrogen and oxygen atoms in total. The molecule has 8 heteroatoms. The number of benzene rings is 1. The van der Waals surface area contributed by atoms with Gasteiger partial charge in [0.1, 0.15) is 6.29 Å². The topological polar surface area (TPSA) is 142 Å². The summed E-state index contributed by atoms with van der Waals surface area (Å²) in [5.41, 5.74) is 18.2. The summed E-state index contributed by atoms with van der Waals surface area (Å²) in [4.78, 5) is 22.4. The van der Waals surface area contributed by atoms with Gasteiger partial charge in [0.25, 0.3) is 5.56 Å². The van der Waals surface area contributed by atoms with Crippen molar-refractivity contribution in [2.45, 2.75) is 6.29 Å². The third kappa shape index (κ3) is 1.44. The molecule has 0 saturated carbocycles. The lowest BCUT2D eigenvalue weighted by molar-refractivity contribution is 0.559. The Morgan fingerprint density at radius 2 is 2.06 bits per heavy atom. The zero-order valence-corrected chi connectivity index (χ0v) is 9.29. The highest BCUT2D eigenvalue weighted by Gasteiger charge is 2.10. The van der Waals surface area contributed by atoms with Gasteiger partial charge in [-0.1, -0.05) is 0 Å². The number of nitrogen functional groups attached to an aromatic ring is 1. The zero-order valence-electron chi connectivity index (χ0n) is 9.29. The van der Waals surface area contributed by atoms with E-state index in [-0.39, 0.29) is 11.5 Å². The van der Waals surface area contributed by atoms with E-state index in [0.29, 0.717) is 21.9 Å². The molecule has 1 aromatic carbocycles. The van der Waals surface area contributed by atoms with E-state index in [2.05, 4.69) is 15.0 Å². The Morgan fingerprint density at radius 3 is 2.78 bits per heavy atom. The van der Waals surface area contributed by atoms with E-state index in [0.717, 1.165) is 0 Å². The van der Waals surface area contributed by atoms with Crippen LogP contribution in [0.1, 0.15) is 6.29 Å². The number of aromatic nitrogens is 4. The van der Waals surface area contributed by atoms with Crippen molar-refractivity contribution in [1.82, 2.24) is 19.5 Å². The largest absolute Gasteiger partial charge is 0.369 e. The third-order valence-corrected chi connectivity index (χ3v) is 2.74. The van der Waals surface area contributed by atoms with Gasteiger partial charge in [-0.25, -0.2) is 9.97 Å². The SMILES string of the molecule is Nc1nc2cc3c(cc2c(=O)[nH]1)ncn3C(N)N. The third-order valence-electron chi connectivity index (χ3n) is 2.74. The number of hydrogen-bond acceptors (Lipinski definition) is 6. The van der Waals surface area contributed by atoms with Gasteiger partial charge in [0.05, 0.1) is 28.3 Å². The Labute approximate surface area is 100 Å². The molecule has 0 aliphatic carbocycles. The summed E-state index contributed by atoms with van der Waals surface area (Å²) >= 11 is 0. The van der Waals surface area contributed by atoms with Gasteiger partial charge in [0.15, 0.2) is 0 Å². The van der Waals surface area contributed by atoms with Crippen LogP contribution in [0, 0.1) is 0 Å². The van der Waals surface area contributed by atoms with Crippen molar-refractivity contribution in [2.24, 2.45) is 11.5 Å². The fraction of sp³-hybridized carbons (Fsp3) is 0.100. The molecule has 2 heterocycles. The van der Waals surface area contributed by atoms with E-state index in [1.165, 1.54) is 6.33 Å². The van der Waals surface area contributed by atoms with Crippen LogP contribution < -0.4 is 22.8 Å². The Morgan fingerprint density at radius 1 is 1.28 bits per heavy atom. The molecule has 3 rings (SSSR count). The summed E-state index contributed by atoms with van der Waals surface area (Å²) in [5, 5.41) is 0.424. The van der Waals surface area contributed by atoms with Gasteiger partial charge in [0.2, 0.25) is 5.95 Å².